The zero-order chi connectivity index (χ0) is 14.3. The Labute approximate surface area is 120 Å². The maximum atomic E-state index is 11.8. The van der Waals surface area contributed by atoms with E-state index in [0.717, 1.165) is 30.0 Å². The summed E-state index contributed by atoms with van der Waals surface area (Å²) in [5.41, 5.74) is 1.60. The molecule has 0 saturated heterocycles. The van der Waals surface area contributed by atoms with Crippen molar-refractivity contribution >= 4 is 27.5 Å². The minimum absolute atomic E-state index is 0.337. The van der Waals surface area contributed by atoms with Crippen molar-refractivity contribution in [1.82, 2.24) is 4.72 Å². The number of aryl methyl sites for hydroxylation is 1. The molecule has 1 aromatic carbocycles. The number of hydrogen-bond acceptors (Lipinski definition) is 4. The molecule has 1 rings (SSSR count). The summed E-state index contributed by atoms with van der Waals surface area (Å²) in [4.78, 5) is 0.337. The van der Waals surface area contributed by atoms with Crippen LogP contribution in [0.15, 0.2) is 23.1 Å². The number of unbranched alkanes of at least 4 members (excludes halogenated alkanes) is 1. The van der Waals surface area contributed by atoms with Crippen LogP contribution in [-0.2, 0) is 10.0 Å². The van der Waals surface area contributed by atoms with E-state index in [0.29, 0.717) is 4.90 Å². The summed E-state index contributed by atoms with van der Waals surface area (Å²) in [5, 5.41) is 3.27. The third-order valence-corrected chi connectivity index (χ3v) is 5.10. The normalized spacial score (nSPS) is 11.5. The second-order valence-corrected chi connectivity index (χ2v) is 7.16. The zero-order valence-corrected chi connectivity index (χ0v) is 13.3. The molecule has 0 amide bonds. The van der Waals surface area contributed by atoms with Gasteiger partial charge in [0.25, 0.3) is 0 Å². The molecule has 0 heterocycles. The largest absolute Gasteiger partial charge is 0.385 e. The van der Waals surface area contributed by atoms with Crippen molar-refractivity contribution in [2.45, 2.75) is 24.7 Å². The summed E-state index contributed by atoms with van der Waals surface area (Å²) in [6.07, 6.45) is 4.35. The third kappa shape index (κ3) is 5.04. The van der Waals surface area contributed by atoms with Gasteiger partial charge in [-0.1, -0.05) is 6.07 Å². The Morgan fingerprint density at radius 3 is 2.63 bits per heavy atom. The molecule has 0 aliphatic rings. The smallest absolute Gasteiger partial charge is 0.240 e. The van der Waals surface area contributed by atoms with E-state index in [1.807, 2.05) is 23.9 Å². The predicted octanol–water partition coefficient (Wildman–Crippen LogP) is 2.46. The van der Waals surface area contributed by atoms with E-state index in [1.165, 1.54) is 13.5 Å². The third-order valence-electron chi connectivity index (χ3n) is 2.85. The molecule has 0 unspecified atom stereocenters. The van der Waals surface area contributed by atoms with Crippen LogP contribution >= 0.6 is 11.8 Å². The number of rotatable bonds is 8. The van der Waals surface area contributed by atoms with Gasteiger partial charge >= 0.3 is 0 Å². The minimum Gasteiger partial charge on any atom is -0.385 e. The number of nitrogens with one attached hydrogen (secondary N) is 2. The molecule has 0 radical (unpaired) electrons. The molecule has 1 aromatic rings. The van der Waals surface area contributed by atoms with Gasteiger partial charge in [-0.3, -0.25) is 0 Å². The van der Waals surface area contributed by atoms with Gasteiger partial charge in [0.1, 0.15) is 0 Å². The highest BCUT2D eigenvalue weighted by Crippen LogP contribution is 2.19. The summed E-state index contributed by atoms with van der Waals surface area (Å²) < 4.78 is 26.0. The Kier molecular flexibility index (Phi) is 6.68. The lowest BCUT2D eigenvalue weighted by molar-refractivity contribution is 0.587. The van der Waals surface area contributed by atoms with E-state index in [-0.39, 0.29) is 0 Å². The highest BCUT2D eigenvalue weighted by Gasteiger charge is 2.14. The van der Waals surface area contributed by atoms with Crippen molar-refractivity contribution in [3.8, 4) is 0 Å². The van der Waals surface area contributed by atoms with E-state index >= 15 is 0 Å². The molecule has 0 aliphatic carbocycles. The summed E-state index contributed by atoms with van der Waals surface area (Å²) >= 11 is 1.84. The molecule has 0 bridgehead atoms. The number of sulfonamides is 1. The van der Waals surface area contributed by atoms with E-state index < -0.39 is 10.0 Å². The van der Waals surface area contributed by atoms with Crippen molar-refractivity contribution in [2.24, 2.45) is 0 Å². The van der Waals surface area contributed by atoms with Crippen LogP contribution in [0.25, 0.3) is 0 Å². The van der Waals surface area contributed by atoms with Crippen molar-refractivity contribution in [1.29, 1.82) is 0 Å². The Morgan fingerprint density at radius 2 is 2.00 bits per heavy atom. The van der Waals surface area contributed by atoms with Crippen molar-refractivity contribution < 1.29 is 8.42 Å². The Bertz CT molecular complexity index is 501. The molecule has 2 N–H and O–H groups in total. The lowest BCUT2D eigenvalue weighted by Gasteiger charge is -2.11. The van der Waals surface area contributed by atoms with Crippen LogP contribution < -0.4 is 10.0 Å². The van der Waals surface area contributed by atoms with Crippen molar-refractivity contribution in [2.75, 3.05) is 30.9 Å². The molecule has 0 aromatic heterocycles. The molecule has 4 nitrogen and oxygen atoms in total. The molecule has 0 saturated carbocycles. The molecule has 6 heteroatoms. The highest BCUT2D eigenvalue weighted by molar-refractivity contribution is 7.98. The van der Waals surface area contributed by atoms with Gasteiger partial charge in [-0.15, -0.1) is 0 Å². The van der Waals surface area contributed by atoms with Crippen molar-refractivity contribution in [3.05, 3.63) is 23.8 Å². The van der Waals surface area contributed by atoms with Crippen molar-refractivity contribution in [3.63, 3.8) is 0 Å². The van der Waals surface area contributed by atoms with Gasteiger partial charge in [-0.05, 0) is 56.5 Å². The maximum absolute atomic E-state index is 11.8. The average molecular weight is 302 g/mol. The number of anilines is 1. The minimum atomic E-state index is -3.38. The lowest BCUT2D eigenvalue weighted by Crippen LogP contribution is -2.19. The summed E-state index contributed by atoms with van der Waals surface area (Å²) in [7, 11) is -1.96. The number of hydrogen-bond donors (Lipinski definition) is 2. The summed E-state index contributed by atoms with van der Waals surface area (Å²) in [5.74, 6) is 1.16. The SMILES string of the molecule is CNS(=O)(=O)c1cc(NCCCCSC)ccc1C. The van der Waals surface area contributed by atoms with Gasteiger partial charge in [-0.25, -0.2) is 13.1 Å². The summed E-state index contributed by atoms with van der Waals surface area (Å²) in [6.45, 7) is 2.66. The predicted molar refractivity (Wildman–Crippen MR) is 83.5 cm³/mol. The van der Waals surface area contributed by atoms with Gasteiger partial charge in [0.05, 0.1) is 4.90 Å². The summed E-state index contributed by atoms with van der Waals surface area (Å²) in [6, 6.07) is 5.43. The van der Waals surface area contributed by atoms with Crippen LogP contribution in [0.3, 0.4) is 0 Å². The second kappa shape index (κ2) is 7.77. The Balaban J connectivity index is 2.69. The molecular weight excluding hydrogens is 280 g/mol. The van der Waals surface area contributed by atoms with Gasteiger partial charge in [0.2, 0.25) is 10.0 Å². The number of thioether (sulfide) groups is 1. The molecule has 19 heavy (non-hydrogen) atoms. The molecule has 0 spiro atoms. The topological polar surface area (TPSA) is 58.2 Å². The first-order chi connectivity index (χ1) is 9.01. The first kappa shape index (κ1) is 16.3. The fourth-order valence-electron chi connectivity index (χ4n) is 1.71. The first-order valence-corrected chi connectivity index (χ1v) is 9.16. The molecule has 108 valence electrons. The molecule has 0 atom stereocenters. The van der Waals surface area contributed by atoms with Crippen LogP contribution in [0.2, 0.25) is 0 Å². The fourth-order valence-corrected chi connectivity index (χ4v) is 3.20. The van der Waals surface area contributed by atoms with Gasteiger partial charge < -0.3 is 5.32 Å². The second-order valence-electron chi connectivity index (χ2n) is 4.31. The highest BCUT2D eigenvalue weighted by atomic mass is 32.2. The Morgan fingerprint density at radius 1 is 1.26 bits per heavy atom. The van der Waals surface area contributed by atoms with Crippen LogP contribution in [0.1, 0.15) is 18.4 Å². The fraction of sp³-hybridized carbons (Fsp3) is 0.538. The van der Waals surface area contributed by atoms with Crippen LogP contribution in [-0.4, -0.2) is 34.0 Å². The zero-order valence-electron chi connectivity index (χ0n) is 11.7. The lowest BCUT2D eigenvalue weighted by atomic mass is 10.2. The van der Waals surface area contributed by atoms with Crippen LogP contribution in [0, 0.1) is 6.92 Å². The maximum Gasteiger partial charge on any atom is 0.240 e. The van der Waals surface area contributed by atoms with Crippen LogP contribution in [0.4, 0.5) is 5.69 Å². The van der Waals surface area contributed by atoms with E-state index in [2.05, 4.69) is 16.3 Å². The Hall–Kier alpha value is -0.720. The van der Waals surface area contributed by atoms with Gasteiger partial charge in [-0.2, -0.15) is 11.8 Å². The first-order valence-electron chi connectivity index (χ1n) is 6.28. The van der Waals surface area contributed by atoms with E-state index in [1.54, 1.807) is 13.0 Å². The standard InChI is InChI=1S/C13H22N2O2S2/c1-11-6-7-12(15-8-4-5-9-18-3)10-13(11)19(16,17)14-2/h6-7,10,14-15H,4-5,8-9H2,1-3H3. The monoisotopic (exact) mass is 302 g/mol. The van der Waals surface area contributed by atoms with Crippen LogP contribution in [0.5, 0.6) is 0 Å². The molecule has 0 aliphatic heterocycles. The molecular formula is C13H22N2O2S2. The van der Waals surface area contributed by atoms with Gasteiger partial charge in [0, 0.05) is 12.2 Å². The van der Waals surface area contributed by atoms with E-state index in [4.69, 9.17) is 0 Å². The quantitative estimate of drug-likeness (QED) is 0.724. The van der Waals surface area contributed by atoms with E-state index in [9.17, 15) is 8.42 Å². The number of benzene rings is 1. The van der Waals surface area contributed by atoms with Gasteiger partial charge in [0.15, 0.2) is 0 Å². The average Bonchev–Trinajstić information content (AvgIpc) is 2.40. The molecule has 0 fully saturated rings.